The molecule has 4 rings (SSSR count). The number of benzene rings is 2. The van der Waals surface area contributed by atoms with Gasteiger partial charge in [-0.15, -0.1) is 11.3 Å². The van der Waals surface area contributed by atoms with Crippen molar-refractivity contribution >= 4 is 39.3 Å². The van der Waals surface area contributed by atoms with Crippen LogP contribution in [0.5, 0.6) is 0 Å². The highest BCUT2D eigenvalue weighted by atomic mass is 32.1. The van der Waals surface area contributed by atoms with Gasteiger partial charge in [-0.2, -0.15) is 0 Å². The molecule has 9 heteroatoms. The molecule has 0 aliphatic carbocycles. The largest absolute Gasteiger partial charge is 0.350 e. The second-order valence-corrected chi connectivity index (χ2v) is 12.0. The van der Waals surface area contributed by atoms with Gasteiger partial charge >= 0.3 is 0 Å². The van der Waals surface area contributed by atoms with E-state index in [0.29, 0.717) is 12.8 Å². The van der Waals surface area contributed by atoms with Crippen LogP contribution in [0.1, 0.15) is 55.7 Å². The Kier molecular flexibility index (Phi) is 12.1. The molecule has 1 saturated heterocycles. The summed E-state index contributed by atoms with van der Waals surface area (Å²) < 4.78 is 1.07. The first-order chi connectivity index (χ1) is 20.4. The smallest absolute Gasteiger partial charge is 0.243 e. The third kappa shape index (κ3) is 9.77. The molecular formula is C33H43N5O3S. The van der Waals surface area contributed by atoms with E-state index in [1.807, 2.05) is 42.5 Å². The van der Waals surface area contributed by atoms with E-state index < -0.39 is 6.04 Å². The van der Waals surface area contributed by atoms with E-state index in [9.17, 15) is 14.4 Å². The zero-order chi connectivity index (χ0) is 29.7. The van der Waals surface area contributed by atoms with Crippen molar-refractivity contribution in [1.29, 1.82) is 0 Å². The van der Waals surface area contributed by atoms with Gasteiger partial charge < -0.3 is 16.0 Å². The van der Waals surface area contributed by atoms with E-state index in [1.54, 1.807) is 24.3 Å². The van der Waals surface area contributed by atoms with E-state index in [1.165, 1.54) is 24.8 Å². The van der Waals surface area contributed by atoms with Gasteiger partial charge in [0.25, 0.3) is 0 Å². The van der Waals surface area contributed by atoms with Crippen molar-refractivity contribution in [1.82, 2.24) is 25.8 Å². The highest BCUT2D eigenvalue weighted by Crippen LogP contribution is 2.24. The van der Waals surface area contributed by atoms with Crippen molar-refractivity contribution in [2.75, 3.05) is 26.2 Å². The number of hydrogen-bond acceptors (Lipinski definition) is 6. The number of amides is 3. The standard InChI is InChI=1S/C33H43N5O3S/c1-3-24-15-16-27-29(21-24)42-32(37-27)22-28(36-30(39)4-2)33(41)35-26(20-25-12-7-5-8-13-25)23-34-31(40)14-11-19-38-17-9-6-10-18-38/h5,7-8,11-16,21,26,28H,3-4,6,9-10,17-20,22-23H2,1-2H3,(H,34,40)(H,35,41)(H,36,39)/b14-11+/t26-,28-/m0/s1. The van der Waals surface area contributed by atoms with Crippen molar-refractivity contribution in [3.05, 3.63) is 76.8 Å². The molecule has 2 aromatic carbocycles. The maximum absolute atomic E-state index is 13.6. The molecule has 1 fully saturated rings. The van der Waals surface area contributed by atoms with Crippen molar-refractivity contribution in [2.45, 2.75) is 70.9 Å². The zero-order valence-corrected chi connectivity index (χ0v) is 25.6. The van der Waals surface area contributed by atoms with Crippen LogP contribution < -0.4 is 16.0 Å². The van der Waals surface area contributed by atoms with Crippen LogP contribution in [0, 0.1) is 0 Å². The molecule has 0 spiro atoms. The van der Waals surface area contributed by atoms with Crippen molar-refractivity contribution in [3.8, 4) is 0 Å². The average Bonchev–Trinajstić information content (AvgIpc) is 3.42. The summed E-state index contributed by atoms with van der Waals surface area (Å²) in [5.74, 6) is -0.673. The van der Waals surface area contributed by atoms with Crippen LogP contribution in [-0.2, 0) is 33.6 Å². The molecule has 8 nitrogen and oxygen atoms in total. The van der Waals surface area contributed by atoms with E-state index in [-0.39, 0.29) is 36.7 Å². The number of fused-ring (bicyclic) bond motifs is 1. The number of hydrogen-bond donors (Lipinski definition) is 3. The number of nitrogens with one attached hydrogen (secondary N) is 3. The molecule has 1 aliphatic rings. The highest BCUT2D eigenvalue weighted by molar-refractivity contribution is 7.18. The van der Waals surface area contributed by atoms with Gasteiger partial charge in [-0.1, -0.05) is 62.7 Å². The minimum Gasteiger partial charge on any atom is -0.350 e. The first-order valence-electron chi connectivity index (χ1n) is 15.1. The van der Waals surface area contributed by atoms with Crippen LogP contribution in [0.4, 0.5) is 0 Å². The van der Waals surface area contributed by atoms with Gasteiger partial charge in [-0.25, -0.2) is 4.98 Å². The Morgan fingerprint density at radius 2 is 1.76 bits per heavy atom. The van der Waals surface area contributed by atoms with Crippen molar-refractivity contribution < 1.29 is 14.4 Å². The zero-order valence-electron chi connectivity index (χ0n) is 24.7. The maximum atomic E-state index is 13.6. The van der Waals surface area contributed by atoms with Gasteiger partial charge in [0.05, 0.1) is 21.3 Å². The quantitative estimate of drug-likeness (QED) is 0.245. The van der Waals surface area contributed by atoms with Crippen molar-refractivity contribution in [2.24, 2.45) is 0 Å². The topological polar surface area (TPSA) is 103 Å². The Hall–Kier alpha value is -3.56. The molecule has 42 heavy (non-hydrogen) atoms. The lowest BCUT2D eigenvalue weighted by Crippen LogP contribution is -2.53. The first-order valence-corrected chi connectivity index (χ1v) is 15.9. The molecule has 3 aromatic rings. The summed E-state index contributed by atoms with van der Waals surface area (Å²) in [6.45, 7) is 7.06. The lowest BCUT2D eigenvalue weighted by Gasteiger charge is -2.25. The molecule has 2 heterocycles. The molecule has 2 atom stereocenters. The molecule has 3 N–H and O–H groups in total. The van der Waals surface area contributed by atoms with Crippen LogP contribution in [0.25, 0.3) is 10.2 Å². The van der Waals surface area contributed by atoms with Gasteiger partial charge in [0.1, 0.15) is 6.04 Å². The van der Waals surface area contributed by atoms with E-state index >= 15 is 0 Å². The fraction of sp³-hybridized carbons (Fsp3) is 0.455. The van der Waals surface area contributed by atoms with Gasteiger partial charge in [0.2, 0.25) is 17.7 Å². The van der Waals surface area contributed by atoms with Crippen LogP contribution in [0.3, 0.4) is 0 Å². The third-order valence-corrected chi connectivity index (χ3v) is 8.57. The Morgan fingerprint density at radius 1 is 0.976 bits per heavy atom. The molecule has 224 valence electrons. The fourth-order valence-corrected chi connectivity index (χ4v) is 6.19. The van der Waals surface area contributed by atoms with Crippen LogP contribution in [0.15, 0.2) is 60.7 Å². The summed E-state index contributed by atoms with van der Waals surface area (Å²) >= 11 is 1.55. The molecule has 0 saturated carbocycles. The molecule has 1 aliphatic heterocycles. The minimum atomic E-state index is -0.776. The van der Waals surface area contributed by atoms with Crippen LogP contribution >= 0.6 is 11.3 Å². The first kappa shape index (κ1) is 31.4. The SMILES string of the molecule is CCC(=O)N[C@@H](Cc1nc2ccc(CC)cc2s1)C(=O)N[C@H](CNC(=O)/C=C/CN1CCCCC1)Cc1ccccc1. The third-order valence-electron chi connectivity index (χ3n) is 7.53. The monoisotopic (exact) mass is 589 g/mol. The van der Waals surface area contributed by atoms with Gasteiger partial charge in [-0.05, 0) is 62.0 Å². The predicted molar refractivity (Wildman–Crippen MR) is 169 cm³/mol. The van der Waals surface area contributed by atoms with E-state index in [0.717, 1.165) is 46.8 Å². The summed E-state index contributed by atoms with van der Waals surface area (Å²) in [5.41, 5.74) is 3.18. The van der Waals surface area contributed by atoms with Gasteiger partial charge in [-0.3, -0.25) is 19.3 Å². The number of carbonyl (C=O) groups is 3. The van der Waals surface area contributed by atoms with E-state index in [4.69, 9.17) is 4.98 Å². The summed E-state index contributed by atoms with van der Waals surface area (Å²) in [6.07, 6.45) is 9.23. The number of thiazole rings is 1. The van der Waals surface area contributed by atoms with Crippen molar-refractivity contribution in [3.63, 3.8) is 0 Å². The van der Waals surface area contributed by atoms with E-state index in [2.05, 4.69) is 39.9 Å². The van der Waals surface area contributed by atoms with Gasteiger partial charge in [0.15, 0.2) is 0 Å². The Bertz CT molecular complexity index is 1350. The lowest BCUT2D eigenvalue weighted by atomic mass is 10.0. The minimum absolute atomic E-state index is 0.184. The second kappa shape index (κ2) is 16.2. The molecule has 0 unspecified atom stereocenters. The number of aryl methyl sites for hydroxylation is 1. The second-order valence-electron chi connectivity index (χ2n) is 10.8. The normalized spacial score (nSPS) is 15.4. The number of rotatable bonds is 14. The lowest BCUT2D eigenvalue weighted by molar-refractivity contribution is -0.129. The Balaban J connectivity index is 1.42. The molecule has 0 bridgehead atoms. The number of nitrogens with zero attached hydrogens (tertiary/aromatic N) is 2. The van der Waals surface area contributed by atoms with Crippen LogP contribution in [0.2, 0.25) is 0 Å². The highest BCUT2D eigenvalue weighted by Gasteiger charge is 2.25. The van der Waals surface area contributed by atoms with Crippen LogP contribution in [-0.4, -0.2) is 65.9 Å². The summed E-state index contributed by atoms with van der Waals surface area (Å²) in [4.78, 5) is 45.7. The number of likely N-dealkylation sites (tertiary alicyclic amines) is 1. The summed E-state index contributed by atoms with van der Waals surface area (Å²) in [6, 6.07) is 14.9. The number of aromatic nitrogens is 1. The maximum Gasteiger partial charge on any atom is 0.243 e. The average molecular weight is 590 g/mol. The Labute approximate surface area is 253 Å². The molecule has 1 aromatic heterocycles. The fourth-order valence-electron chi connectivity index (χ4n) is 5.11. The molecular weight excluding hydrogens is 546 g/mol. The summed E-state index contributed by atoms with van der Waals surface area (Å²) in [7, 11) is 0. The Morgan fingerprint density at radius 3 is 2.50 bits per heavy atom. The molecule has 3 amide bonds. The predicted octanol–water partition coefficient (Wildman–Crippen LogP) is 4.18. The van der Waals surface area contributed by atoms with Gasteiger partial charge in [0, 0.05) is 32.0 Å². The summed E-state index contributed by atoms with van der Waals surface area (Å²) in [5, 5.41) is 9.75. The number of piperidine rings is 1. The number of carbonyl (C=O) groups excluding carboxylic acids is 3. The molecule has 0 radical (unpaired) electrons.